The smallest absolute Gasteiger partial charge is 0.237 e. The summed E-state index contributed by atoms with van der Waals surface area (Å²) in [6, 6.07) is 0.0347. The lowest BCUT2D eigenvalue weighted by Crippen LogP contribution is -2.48. The number of nitrogens with one attached hydrogen (secondary N) is 2. The van der Waals surface area contributed by atoms with Gasteiger partial charge in [0.25, 0.3) is 0 Å². The second-order valence-corrected chi connectivity index (χ2v) is 7.14. The molecule has 0 spiro atoms. The molecule has 3 nitrogen and oxygen atoms in total. The Bertz CT molecular complexity index is 290. The highest BCUT2D eigenvalue weighted by Gasteiger charge is 2.34. The number of hydrogen-bond acceptors (Lipinski definition) is 3. The maximum Gasteiger partial charge on any atom is 0.237 e. The van der Waals surface area contributed by atoms with Gasteiger partial charge in [0.2, 0.25) is 5.91 Å². The summed E-state index contributed by atoms with van der Waals surface area (Å²) < 4.78 is 0.301. The van der Waals surface area contributed by atoms with E-state index in [-0.39, 0.29) is 11.9 Å². The van der Waals surface area contributed by atoms with Crippen LogP contribution >= 0.6 is 11.8 Å². The van der Waals surface area contributed by atoms with E-state index in [1.165, 1.54) is 32.1 Å². The zero-order chi connectivity index (χ0) is 13.0. The van der Waals surface area contributed by atoms with Crippen LogP contribution in [0, 0.1) is 5.92 Å². The first-order valence-corrected chi connectivity index (χ1v) is 8.46. The van der Waals surface area contributed by atoms with Gasteiger partial charge in [-0.05, 0) is 38.0 Å². The van der Waals surface area contributed by atoms with Crippen LogP contribution in [0.4, 0.5) is 0 Å². The zero-order valence-corrected chi connectivity index (χ0v) is 12.4. The van der Waals surface area contributed by atoms with Gasteiger partial charge in [0, 0.05) is 11.3 Å². The van der Waals surface area contributed by atoms with E-state index in [1.54, 1.807) is 0 Å². The van der Waals surface area contributed by atoms with Crippen LogP contribution in [-0.2, 0) is 4.79 Å². The molecule has 0 radical (unpaired) electrons. The van der Waals surface area contributed by atoms with Crippen LogP contribution in [0.15, 0.2) is 0 Å². The van der Waals surface area contributed by atoms with Crippen molar-refractivity contribution in [2.45, 2.75) is 56.2 Å². The van der Waals surface area contributed by atoms with Crippen molar-refractivity contribution in [2.24, 2.45) is 5.92 Å². The minimum absolute atomic E-state index is 0.0347. The summed E-state index contributed by atoms with van der Waals surface area (Å²) in [4.78, 5) is 12.2. The molecular weight excluding hydrogens is 244 g/mol. The number of hydrogen-bond donors (Lipinski definition) is 2. The Morgan fingerprint density at radius 3 is 2.67 bits per heavy atom. The summed E-state index contributed by atoms with van der Waals surface area (Å²) in [6.07, 6.45) is 9.80. The average Bonchev–Trinajstić information content (AvgIpc) is 2.83. The molecule has 0 aromatic carbocycles. The maximum absolute atomic E-state index is 12.2. The fourth-order valence-electron chi connectivity index (χ4n) is 3.19. The maximum atomic E-state index is 12.2. The van der Waals surface area contributed by atoms with Crippen LogP contribution in [0.2, 0.25) is 0 Å². The molecule has 2 unspecified atom stereocenters. The topological polar surface area (TPSA) is 41.1 Å². The van der Waals surface area contributed by atoms with Crippen LogP contribution in [0.5, 0.6) is 0 Å². The quantitative estimate of drug-likeness (QED) is 0.822. The molecule has 1 saturated heterocycles. The average molecular weight is 270 g/mol. The highest BCUT2D eigenvalue weighted by Crippen LogP contribution is 2.38. The number of rotatable bonds is 4. The minimum atomic E-state index is 0.0347. The largest absolute Gasteiger partial charge is 0.353 e. The zero-order valence-electron chi connectivity index (χ0n) is 11.6. The first-order valence-electron chi connectivity index (χ1n) is 7.23. The number of thioether (sulfide) groups is 1. The molecule has 2 atom stereocenters. The second kappa shape index (κ2) is 6.29. The summed E-state index contributed by atoms with van der Waals surface area (Å²) in [7, 11) is 0. The molecule has 1 saturated carbocycles. The molecular formula is C14H26N2OS. The van der Waals surface area contributed by atoms with Crippen LogP contribution in [0.3, 0.4) is 0 Å². The molecule has 0 aromatic rings. The summed E-state index contributed by atoms with van der Waals surface area (Å²) in [6.45, 7) is 3.99. The van der Waals surface area contributed by atoms with Crippen molar-refractivity contribution in [3.05, 3.63) is 0 Å². The number of carbonyl (C=O) groups is 1. The van der Waals surface area contributed by atoms with Gasteiger partial charge in [0.1, 0.15) is 0 Å². The van der Waals surface area contributed by atoms with E-state index < -0.39 is 0 Å². The first-order chi connectivity index (χ1) is 8.67. The van der Waals surface area contributed by atoms with E-state index in [0.29, 0.717) is 10.7 Å². The van der Waals surface area contributed by atoms with Gasteiger partial charge < -0.3 is 10.6 Å². The first kappa shape index (κ1) is 14.2. The Hall–Kier alpha value is -0.220. The van der Waals surface area contributed by atoms with Gasteiger partial charge in [-0.25, -0.2) is 0 Å². The van der Waals surface area contributed by atoms with Crippen LogP contribution < -0.4 is 10.6 Å². The van der Waals surface area contributed by atoms with Crippen molar-refractivity contribution in [1.29, 1.82) is 0 Å². The molecule has 4 heteroatoms. The summed E-state index contributed by atoms with van der Waals surface area (Å²) in [5.74, 6) is 0.681. The molecule has 0 bridgehead atoms. The van der Waals surface area contributed by atoms with Crippen LogP contribution in [0.1, 0.15) is 45.4 Å². The lowest BCUT2D eigenvalue weighted by Gasteiger charge is -2.36. The van der Waals surface area contributed by atoms with Gasteiger partial charge >= 0.3 is 0 Å². The molecule has 1 aliphatic heterocycles. The highest BCUT2D eigenvalue weighted by molar-refractivity contribution is 8.00. The molecule has 1 aliphatic carbocycles. The fraction of sp³-hybridized carbons (Fsp3) is 0.929. The monoisotopic (exact) mass is 270 g/mol. The molecule has 1 heterocycles. The Morgan fingerprint density at radius 2 is 2.11 bits per heavy atom. The Labute approximate surface area is 115 Å². The van der Waals surface area contributed by atoms with Crippen molar-refractivity contribution >= 4 is 17.7 Å². The predicted octanol–water partition coefficient (Wildman–Crippen LogP) is 2.17. The van der Waals surface area contributed by atoms with Gasteiger partial charge in [-0.3, -0.25) is 4.79 Å². The third-order valence-corrected chi connectivity index (χ3v) is 6.02. The number of amides is 1. The normalized spacial score (nSPS) is 31.2. The summed E-state index contributed by atoms with van der Waals surface area (Å²) >= 11 is 1.94. The molecule has 2 rings (SSSR count). The second-order valence-electron chi connectivity index (χ2n) is 5.86. The molecule has 2 fully saturated rings. The molecule has 2 N–H and O–H groups in total. The highest BCUT2D eigenvalue weighted by atomic mass is 32.2. The van der Waals surface area contributed by atoms with E-state index in [9.17, 15) is 4.79 Å². The summed E-state index contributed by atoms with van der Waals surface area (Å²) in [5, 5.41) is 6.50. The lowest BCUT2D eigenvalue weighted by atomic mass is 9.88. The van der Waals surface area contributed by atoms with Gasteiger partial charge in [0.05, 0.1) is 6.04 Å². The van der Waals surface area contributed by atoms with Crippen molar-refractivity contribution < 1.29 is 4.79 Å². The minimum Gasteiger partial charge on any atom is -0.353 e. The van der Waals surface area contributed by atoms with Crippen LogP contribution in [0.25, 0.3) is 0 Å². The van der Waals surface area contributed by atoms with E-state index in [0.717, 1.165) is 19.5 Å². The predicted molar refractivity (Wildman–Crippen MR) is 77.9 cm³/mol. The van der Waals surface area contributed by atoms with Crippen molar-refractivity contribution in [1.82, 2.24) is 10.6 Å². The molecule has 1 amide bonds. The van der Waals surface area contributed by atoms with E-state index in [1.807, 2.05) is 11.8 Å². The Balaban J connectivity index is 1.83. The van der Waals surface area contributed by atoms with Crippen LogP contribution in [-0.4, -0.2) is 36.0 Å². The molecule has 2 aliphatic rings. The standard InChI is InChI=1S/C14H26N2OS/c1-11-6-9-15-12(11)13(17)16-10-14(18-2)7-4-3-5-8-14/h11-12,15H,3-10H2,1-2H3,(H,16,17). The van der Waals surface area contributed by atoms with Crippen molar-refractivity contribution in [3.8, 4) is 0 Å². The fourth-order valence-corrected chi connectivity index (χ4v) is 4.11. The Morgan fingerprint density at radius 1 is 1.39 bits per heavy atom. The third kappa shape index (κ3) is 3.21. The van der Waals surface area contributed by atoms with E-state index in [4.69, 9.17) is 0 Å². The van der Waals surface area contributed by atoms with Crippen molar-refractivity contribution in [3.63, 3.8) is 0 Å². The van der Waals surface area contributed by atoms with Gasteiger partial charge in [-0.15, -0.1) is 0 Å². The third-order valence-electron chi connectivity index (χ3n) is 4.60. The number of carbonyl (C=O) groups excluding carboxylic acids is 1. The molecule has 0 aromatic heterocycles. The van der Waals surface area contributed by atoms with E-state index in [2.05, 4.69) is 23.8 Å². The van der Waals surface area contributed by atoms with Crippen molar-refractivity contribution in [2.75, 3.05) is 19.3 Å². The van der Waals surface area contributed by atoms with Gasteiger partial charge in [0.15, 0.2) is 0 Å². The van der Waals surface area contributed by atoms with E-state index >= 15 is 0 Å². The Kier molecular flexibility index (Phi) is 4.96. The molecule has 18 heavy (non-hydrogen) atoms. The van der Waals surface area contributed by atoms with Gasteiger partial charge in [-0.1, -0.05) is 26.2 Å². The SMILES string of the molecule is CSC1(CNC(=O)C2NCCC2C)CCCCC1. The van der Waals surface area contributed by atoms with Gasteiger partial charge in [-0.2, -0.15) is 11.8 Å². The molecule has 104 valence electrons. The summed E-state index contributed by atoms with van der Waals surface area (Å²) in [5.41, 5.74) is 0. The lowest BCUT2D eigenvalue weighted by molar-refractivity contribution is -0.123.